The van der Waals surface area contributed by atoms with Crippen LogP contribution in [0.25, 0.3) is 0 Å². The molecule has 0 aliphatic carbocycles. The van der Waals surface area contributed by atoms with Crippen LogP contribution in [0, 0.1) is 10.1 Å². The molecule has 0 saturated carbocycles. The Kier molecular flexibility index (Phi) is 4.40. The number of nitrogen functional groups attached to an aromatic ring is 1. The van der Waals surface area contributed by atoms with Crippen LogP contribution < -0.4 is 11.3 Å². The molecular formula is C11H16N4O2S. The number of anilines is 1. The van der Waals surface area contributed by atoms with Gasteiger partial charge in [0.2, 0.25) is 0 Å². The number of nitro groups is 1. The predicted molar refractivity (Wildman–Crippen MR) is 73.5 cm³/mol. The Morgan fingerprint density at radius 1 is 1.44 bits per heavy atom. The zero-order chi connectivity index (χ0) is 13.0. The van der Waals surface area contributed by atoms with E-state index in [-0.39, 0.29) is 10.6 Å². The summed E-state index contributed by atoms with van der Waals surface area (Å²) < 4.78 is 0. The highest BCUT2D eigenvalue weighted by Crippen LogP contribution is 2.23. The highest BCUT2D eigenvalue weighted by Gasteiger charge is 2.15. The number of hydrogen-bond acceptors (Lipinski definition) is 6. The molecule has 1 saturated heterocycles. The van der Waals surface area contributed by atoms with Crippen molar-refractivity contribution >= 4 is 23.1 Å². The largest absolute Gasteiger partial charge is 0.324 e. The SMILES string of the molecule is NNc1ccc([N+](=O)[O-])cc1CN1CCSCC1. The fourth-order valence-corrected chi connectivity index (χ4v) is 2.94. The van der Waals surface area contributed by atoms with E-state index in [1.165, 1.54) is 6.07 Å². The summed E-state index contributed by atoms with van der Waals surface area (Å²) in [5.74, 6) is 7.66. The van der Waals surface area contributed by atoms with E-state index >= 15 is 0 Å². The summed E-state index contributed by atoms with van der Waals surface area (Å²) in [6.07, 6.45) is 0. The summed E-state index contributed by atoms with van der Waals surface area (Å²) in [6.45, 7) is 2.72. The minimum atomic E-state index is -0.379. The molecule has 1 aromatic rings. The molecule has 1 aliphatic heterocycles. The van der Waals surface area contributed by atoms with Gasteiger partial charge in [0, 0.05) is 43.3 Å². The molecule has 0 bridgehead atoms. The summed E-state index contributed by atoms with van der Waals surface area (Å²) in [6, 6.07) is 4.72. The molecule has 2 rings (SSSR count). The van der Waals surface area contributed by atoms with Crippen molar-refractivity contribution in [3.05, 3.63) is 33.9 Å². The molecule has 0 amide bonds. The number of thioether (sulfide) groups is 1. The van der Waals surface area contributed by atoms with Crippen LogP contribution in [-0.2, 0) is 6.54 Å². The summed E-state index contributed by atoms with van der Waals surface area (Å²) >= 11 is 1.94. The molecule has 7 heteroatoms. The summed E-state index contributed by atoms with van der Waals surface area (Å²) in [7, 11) is 0. The Hall–Kier alpha value is -1.31. The van der Waals surface area contributed by atoms with Gasteiger partial charge >= 0.3 is 0 Å². The lowest BCUT2D eigenvalue weighted by molar-refractivity contribution is -0.384. The Balaban J connectivity index is 2.17. The lowest BCUT2D eigenvalue weighted by Crippen LogP contribution is -2.32. The van der Waals surface area contributed by atoms with Gasteiger partial charge in [0.15, 0.2) is 0 Å². The van der Waals surface area contributed by atoms with Crippen molar-refractivity contribution in [1.82, 2.24) is 4.90 Å². The lowest BCUT2D eigenvalue weighted by atomic mass is 10.1. The summed E-state index contributed by atoms with van der Waals surface area (Å²) in [5, 5.41) is 10.8. The first-order valence-corrected chi connectivity index (χ1v) is 6.90. The second kappa shape index (κ2) is 6.03. The van der Waals surface area contributed by atoms with E-state index in [0.717, 1.165) is 35.8 Å². The third-order valence-corrected chi connectivity index (χ3v) is 3.90. The van der Waals surface area contributed by atoms with Crippen LogP contribution in [0.5, 0.6) is 0 Å². The van der Waals surface area contributed by atoms with Crippen molar-refractivity contribution in [2.24, 2.45) is 5.84 Å². The van der Waals surface area contributed by atoms with E-state index < -0.39 is 0 Å². The molecule has 1 aliphatic rings. The molecule has 1 aromatic carbocycles. The van der Waals surface area contributed by atoms with Crippen molar-refractivity contribution in [2.45, 2.75) is 6.54 Å². The van der Waals surface area contributed by atoms with Gasteiger partial charge in [-0.1, -0.05) is 0 Å². The Bertz CT molecular complexity index is 435. The van der Waals surface area contributed by atoms with Crippen LogP contribution in [-0.4, -0.2) is 34.4 Å². The molecule has 0 atom stereocenters. The van der Waals surface area contributed by atoms with Crippen molar-refractivity contribution in [3.63, 3.8) is 0 Å². The lowest BCUT2D eigenvalue weighted by Gasteiger charge is -2.26. The van der Waals surface area contributed by atoms with Gasteiger partial charge in [-0.05, 0) is 11.6 Å². The number of hydrazine groups is 1. The maximum absolute atomic E-state index is 10.8. The Labute approximate surface area is 110 Å². The summed E-state index contributed by atoms with van der Waals surface area (Å²) in [4.78, 5) is 12.7. The van der Waals surface area contributed by atoms with E-state index in [2.05, 4.69) is 10.3 Å². The standard InChI is InChI=1S/C11H16N4O2S/c12-13-11-2-1-10(15(16)17)7-9(11)8-14-3-5-18-6-4-14/h1-2,7,13H,3-6,8,12H2. The topological polar surface area (TPSA) is 84.4 Å². The molecular weight excluding hydrogens is 252 g/mol. The second-order valence-corrected chi connectivity index (χ2v) is 5.36. The molecule has 98 valence electrons. The van der Waals surface area contributed by atoms with Crippen LogP contribution >= 0.6 is 11.8 Å². The fourth-order valence-electron chi connectivity index (χ4n) is 1.97. The maximum atomic E-state index is 10.8. The quantitative estimate of drug-likeness (QED) is 0.488. The molecule has 1 fully saturated rings. The van der Waals surface area contributed by atoms with E-state index in [1.54, 1.807) is 12.1 Å². The first kappa shape index (κ1) is 13.1. The van der Waals surface area contributed by atoms with E-state index in [4.69, 9.17) is 5.84 Å². The number of non-ortho nitro benzene ring substituents is 1. The zero-order valence-corrected chi connectivity index (χ0v) is 10.8. The molecule has 3 N–H and O–H groups in total. The number of nitrogens with two attached hydrogens (primary N) is 1. The molecule has 0 radical (unpaired) electrons. The van der Waals surface area contributed by atoms with E-state index in [0.29, 0.717) is 6.54 Å². The average molecular weight is 268 g/mol. The van der Waals surface area contributed by atoms with Crippen LogP contribution in [0.3, 0.4) is 0 Å². The minimum absolute atomic E-state index is 0.107. The van der Waals surface area contributed by atoms with Gasteiger partial charge in [-0.25, -0.2) is 0 Å². The molecule has 0 spiro atoms. The first-order valence-electron chi connectivity index (χ1n) is 5.75. The minimum Gasteiger partial charge on any atom is -0.324 e. The van der Waals surface area contributed by atoms with Crippen molar-refractivity contribution in [1.29, 1.82) is 0 Å². The number of hydrogen-bond donors (Lipinski definition) is 2. The Morgan fingerprint density at radius 2 is 2.17 bits per heavy atom. The second-order valence-electron chi connectivity index (χ2n) is 4.13. The van der Waals surface area contributed by atoms with Gasteiger partial charge in [0.1, 0.15) is 0 Å². The number of nitrogens with one attached hydrogen (secondary N) is 1. The number of nitrogens with zero attached hydrogens (tertiary/aromatic N) is 2. The van der Waals surface area contributed by atoms with Crippen molar-refractivity contribution in [3.8, 4) is 0 Å². The van der Waals surface area contributed by atoms with Crippen molar-refractivity contribution < 1.29 is 4.92 Å². The van der Waals surface area contributed by atoms with E-state index in [1.807, 2.05) is 11.8 Å². The van der Waals surface area contributed by atoms with E-state index in [9.17, 15) is 10.1 Å². The average Bonchev–Trinajstić information content (AvgIpc) is 2.39. The molecule has 0 aromatic heterocycles. The third kappa shape index (κ3) is 3.12. The number of benzene rings is 1. The first-order chi connectivity index (χ1) is 8.70. The van der Waals surface area contributed by atoms with Crippen LogP contribution in [0.4, 0.5) is 11.4 Å². The fraction of sp³-hybridized carbons (Fsp3) is 0.455. The highest BCUT2D eigenvalue weighted by atomic mass is 32.2. The molecule has 1 heterocycles. The van der Waals surface area contributed by atoms with Gasteiger partial charge in [0.25, 0.3) is 5.69 Å². The predicted octanol–water partition coefficient (Wildman–Crippen LogP) is 1.43. The third-order valence-electron chi connectivity index (χ3n) is 2.95. The summed E-state index contributed by atoms with van der Waals surface area (Å²) in [5.41, 5.74) is 4.33. The van der Waals surface area contributed by atoms with Crippen LogP contribution in [0.2, 0.25) is 0 Å². The van der Waals surface area contributed by atoms with Gasteiger partial charge in [0.05, 0.1) is 10.6 Å². The van der Waals surface area contributed by atoms with Crippen LogP contribution in [0.1, 0.15) is 5.56 Å². The van der Waals surface area contributed by atoms with Gasteiger partial charge < -0.3 is 5.43 Å². The van der Waals surface area contributed by atoms with Gasteiger partial charge in [-0.15, -0.1) is 0 Å². The zero-order valence-electron chi connectivity index (χ0n) is 9.96. The highest BCUT2D eigenvalue weighted by molar-refractivity contribution is 7.99. The van der Waals surface area contributed by atoms with Gasteiger partial charge in [-0.2, -0.15) is 11.8 Å². The monoisotopic (exact) mass is 268 g/mol. The molecule has 6 nitrogen and oxygen atoms in total. The maximum Gasteiger partial charge on any atom is 0.269 e. The van der Waals surface area contributed by atoms with Crippen molar-refractivity contribution in [2.75, 3.05) is 30.0 Å². The van der Waals surface area contributed by atoms with Crippen LogP contribution in [0.15, 0.2) is 18.2 Å². The number of rotatable bonds is 4. The smallest absolute Gasteiger partial charge is 0.269 e. The normalized spacial score (nSPS) is 16.5. The van der Waals surface area contributed by atoms with Gasteiger partial charge in [-0.3, -0.25) is 20.9 Å². The molecule has 0 unspecified atom stereocenters. The molecule has 18 heavy (non-hydrogen) atoms. The number of nitro benzene ring substituents is 1. The Morgan fingerprint density at radius 3 is 2.78 bits per heavy atom.